The standard InChI is InChI=1S/C23H35N3O5/c1-22(2,3)31-21(29)25-23(10-6-4-5-7-11-23)16-24-20(28)17-13-19(27)26(14-17)15-18-9-8-12-30-18/h8-9,12,17H,4-7,10-11,13-16H2,1-3H3,(H,24,28)(H,25,29). The van der Waals surface area contributed by atoms with Gasteiger partial charge in [-0.3, -0.25) is 9.59 Å². The van der Waals surface area contributed by atoms with E-state index in [1.165, 1.54) is 0 Å². The smallest absolute Gasteiger partial charge is 0.408 e. The topological polar surface area (TPSA) is 101 Å². The Bertz CT molecular complexity index is 761. The Morgan fingerprint density at radius 2 is 1.94 bits per heavy atom. The van der Waals surface area contributed by atoms with Crippen LogP contribution in [0.5, 0.6) is 0 Å². The minimum Gasteiger partial charge on any atom is -0.467 e. The number of nitrogens with zero attached hydrogens (tertiary/aromatic N) is 1. The number of amides is 3. The second-order valence-corrected chi connectivity index (χ2v) is 9.79. The second kappa shape index (κ2) is 9.75. The Balaban J connectivity index is 1.58. The molecule has 2 N–H and O–H groups in total. The zero-order valence-electron chi connectivity index (χ0n) is 18.9. The molecule has 8 nitrogen and oxygen atoms in total. The van der Waals surface area contributed by atoms with E-state index in [-0.39, 0.29) is 18.2 Å². The largest absolute Gasteiger partial charge is 0.467 e. The minimum atomic E-state index is -0.582. The van der Waals surface area contributed by atoms with Crippen LogP contribution in [0, 0.1) is 5.92 Å². The van der Waals surface area contributed by atoms with Gasteiger partial charge in [0.25, 0.3) is 0 Å². The first kappa shape index (κ1) is 23.2. The van der Waals surface area contributed by atoms with Gasteiger partial charge in [0.1, 0.15) is 11.4 Å². The van der Waals surface area contributed by atoms with Crippen LogP contribution < -0.4 is 10.6 Å². The summed E-state index contributed by atoms with van der Waals surface area (Å²) in [6, 6.07) is 3.60. The average Bonchev–Trinajstić information content (AvgIpc) is 3.25. The summed E-state index contributed by atoms with van der Waals surface area (Å²) in [7, 11) is 0. The molecule has 1 saturated carbocycles. The highest BCUT2D eigenvalue weighted by Gasteiger charge is 2.38. The molecule has 1 aliphatic heterocycles. The van der Waals surface area contributed by atoms with Crippen molar-refractivity contribution in [3.8, 4) is 0 Å². The van der Waals surface area contributed by atoms with Crippen LogP contribution in [0.2, 0.25) is 0 Å². The van der Waals surface area contributed by atoms with E-state index >= 15 is 0 Å². The molecule has 172 valence electrons. The monoisotopic (exact) mass is 433 g/mol. The van der Waals surface area contributed by atoms with Gasteiger partial charge in [0, 0.05) is 19.5 Å². The average molecular weight is 434 g/mol. The summed E-state index contributed by atoms with van der Waals surface area (Å²) in [5.74, 6) is 0.109. The third-order valence-electron chi connectivity index (χ3n) is 5.94. The molecule has 1 aromatic rings. The van der Waals surface area contributed by atoms with E-state index < -0.39 is 23.2 Å². The van der Waals surface area contributed by atoms with Gasteiger partial charge in [0.2, 0.25) is 11.8 Å². The molecule has 2 heterocycles. The maximum Gasteiger partial charge on any atom is 0.408 e. The van der Waals surface area contributed by atoms with Crippen molar-refractivity contribution in [3.05, 3.63) is 24.2 Å². The van der Waals surface area contributed by atoms with E-state index in [9.17, 15) is 14.4 Å². The SMILES string of the molecule is CC(C)(C)OC(=O)NC1(CNC(=O)C2CC(=O)N(Cc3ccco3)C2)CCCCCC1. The van der Waals surface area contributed by atoms with Crippen molar-refractivity contribution in [2.75, 3.05) is 13.1 Å². The molecular formula is C23H35N3O5. The summed E-state index contributed by atoms with van der Waals surface area (Å²) in [4.78, 5) is 39.3. The summed E-state index contributed by atoms with van der Waals surface area (Å²) in [5, 5.41) is 6.08. The van der Waals surface area contributed by atoms with Crippen molar-refractivity contribution in [1.29, 1.82) is 0 Å². The predicted molar refractivity (Wildman–Crippen MR) is 115 cm³/mol. The predicted octanol–water partition coefficient (Wildman–Crippen LogP) is 3.36. The Morgan fingerprint density at radius 3 is 2.55 bits per heavy atom. The molecule has 3 rings (SSSR count). The number of nitrogens with one attached hydrogen (secondary N) is 2. The zero-order valence-corrected chi connectivity index (χ0v) is 18.9. The number of hydrogen-bond acceptors (Lipinski definition) is 5. The summed E-state index contributed by atoms with van der Waals surface area (Å²) >= 11 is 0. The van der Waals surface area contributed by atoms with Crippen LogP contribution in [-0.4, -0.2) is 47.0 Å². The van der Waals surface area contributed by atoms with Gasteiger partial charge < -0.3 is 24.7 Å². The fourth-order valence-electron chi connectivity index (χ4n) is 4.36. The fourth-order valence-corrected chi connectivity index (χ4v) is 4.36. The maximum absolute atomic E-state index is 12.9. The molecule has 1 atom stereocenters. The van der Waals surface area contributed by atoms with Crippen LogP contribution in [0.15, 0.2) is 22.8 Å². The first-order valence-corrected chi connectivity index (χ1v) is 11.2. The molecule has 3 amide bonds. The first-order chi connectivity index (χ1) is 14.7. The molecule has 0 spiro atoms. The lowest BCUT2D eigenvalue weighted by molar-refractivity contribution is -0.129. The number of furan rings is 1. The van der Waals surface area contributed by atoms with Gasteiger partial charge in [-0.15, -0.1) is 0 Å². The number of ether oxygens (including phenoxy) is 1. The van der Waals surface area contributed by atoms with Crippen molar-refractivity contribution in [2.45, 2.75) is 83.4 Å². The number of alkyl carbamates (subject to hydrolysis) is 1. The van der Waals surface area contributed by atoms with Crippen LogP contribution in [0.1, 0.15) is 71.5 Å². The number of rotatable bonds is 6. The summed E-state index contributed by atoms with van der Waals surface area (Å²) < 4.78 is 10.8. The van der Waals surface area contributed by atoms with E-state index in [1.54, 1.807) is 17.2 Å². The molecule has 8 heteroatoms. The number of carbonyl (C=O) groups is 3. The Morgan fingerprint density at radius 1 is 1.23 bits per heavy atom. The molecule has 0 bridgehead atoms. The van der Waals surface area contributed by atoms with Crippen molar-refractivity contribution in [2.24, 2.45) is 5.92 Å². The van der Waals surface area contributed by atoms with Gasteiger partial charge in [0.05, 0.1) is 24.3 Å². The van der Waals surface area contributed by atoms with Gasteiger partial charge in [-0.2, -0.15) is 0 Å². The molecule has 1 aromatic heterocycles. The van der Waals surface area contributed by atoms with Crippen LogP contribution in [0.3, 0.4) is 0 Å². The van der Waals surface area contributed by atoms with Gasteiger partial charge >= 0.3 is 6.09 Å². The van der Waals surface area contributed by atoms with Crippen LogP contribution in [0.25, 0.3) is 0 Å². The lowest BCUT2D eigenvalue weighted by atomic mass is 9.90. The molecule has 0 radical (unpaired) electrons. The maximum atomic E-state index is 12.9. The van der Waals surface area contributed by atoms with Gasteiger partial charge in [-0.05, 0) is 45.7 Å². The molecular weight excluding hydrogens is 398 g/mol. The molecule has 1 unspecified atom stereocenters. The van der Waals surface area contributed by atoms with E-state index in [4.69, 9.17) is 9.15 Å². The lowest BCUT2D eigenvalue weighted by Gasteiger charge is -2.35. The van der Waals surface area contributed by atoms with E-state index in [0.717, 1.165) is 38.5 Å². The van der Waals surface area contributed by atoms with Crippen LogP contribution in [-0.2, 0) is 20.9 Å². The Labute approximate surface area is 184 Å². The van der Waals surface area contributed by atoms with E-state index in [2.05, 4.69) is 10.6 Å². The third kappa shape index (κ3) is 6.74. The van der Waals surface area contributed by atoms with Gasteiger partial charge in [-0.1, -0.05) is 25.7 Å². The zero-order chi connectivity index (χ0) is 22.5. The summed E-state index contributed by atoms with van der Waals surface area (Å²) in [5.41, 5.74) is -1.11. The van der Waals surface area contributed by atoms with E-state index in [0.29, 0.717) is 25.4 Å². The number of hydrogen-bond donors (Lipinski definition) is 2. The number of carbonyl (C=O) groups excluding carboxylic acids is 3. The van der Waals surface area contributed by atoms with Crippen molar-refractivity contribution < 1.29 is 23.5 Å². The molecule has 31 heavy (non-hydrogen) atoms. The Hall–Kier alpha value is -2.51. The van der Waals surface area contributed by atoms with Crippen molar-refractivity contribution in [1.82, 2.24) is 15.5 Å². The highest BCUT2D eigenvalue weighted by atomic mass is 16.6. The lowest BCUT2D eigenvalue weighted by Crippen LogP contribution is -2.56. The highest BCUT2D eigenvalue weighted by molar-refractivity contribution is 5.89. The molecule has 1 aliphatic carbocycles. The fraction of sp³-hybridized carbons (Fsp3) is 0.696. The first-order valence-electron chi connectivity index (χ1n) is 11.2. The minimum absolute atomic E-state index is 0.0485. The molecule has 2 fully saturated rings. The van der Waals surface area contributed by atoms with Crippen molar-refractivity contribution in [3.63, 3.8) is 0 Å². The highest BCUT2D eigenvalue weighted by Crippen LogP contribution is 2.28. The summed E-state index contributed by atoms with van der Waals surface area (Å²) in [6.07, 6.45) is 7.11. The van der Waals surface area contributed by atoms with Crippen molar-refractivity contribution >= 4 is 17.9 Å². The Kier molecular flexibility index (Phi) is 7.28. The van der Waals surface area contributed by atoms with Crippen LogP contribution in [0.4, 0.5) is 4.79 Å². The normalized spacial score (nSPS) is 21.5. The number of likely N-dealkylation sites (tertiary alicyclic amines) is 1. The van der Waals surface area contributed by atoms with Gasteiger partial charge in [0.15, 0.2) is 0 Å². The molecule has 2 aliphatic rings. The molecule has 0 aromatic carbocycles. The second-order valence-electron chi connectivity index (χ2n) is 9.79. The quantitative estimate of drug-likeness (QED) is 0.670. The molecule has 1 saturated heterocycles. The third-order valence-corrected chi connectivity index (χ3v) is 5.94. The van der Waals surface area contributed by atoms with E-state index in [1.807, 2.05) is 26.8 Å². The summed E-state index contributed by atoms with van der Waals surface area (Å²) in [6.45, 7) is 6.59. The van der Waals surface area contributed by atoms with Gasteiger partial charge in [-0.25, -0.2) is 4.79 Å². The van der Waals surface area contributed by atoms with Crippen LogP contribution >= 0.6 is 0 Å².